The zero-order valence-corrected chi connectivity index (χ0v) is 13.7. The van der Waals surface area contributed by atoms with Gasteiger partial charge in [0.25, 0.3) is 0 Å². The molecule has 1 aromatic rings. The van der Waals surface area contributed by atoms with Crippen molar-refractivity contribution in [3.63, 3.8) is 0 Å². The summed E-state index contributed by atoms with van der Waals surface area (Å²) in [6, 6.07) is 9.82. The maximum atomic E-state index is 13.1. The van der Waals surface area contributed by atoms with Gasteiger partial charge in [-0.15, -0.1) is 0 Å². The van der Waals surface area contributed by atoms with Gasteiger partial charge in [-0.25, -0.2) is 0 Å². The molecule has 1 saturated carbocycles. The summed E-state index contributed by atoms with van der Waals surface area (Å²) in [5.41, 5.74) is 6.23. The number of amides is 1. The van der Waals surface area contributed by atoms with Crippen LogP contribution in [0.2, 0.25) is 0 Å². The summed E-state index contributed by atoms with van der Waals surface area (Å²) in [5.74, 6) is 0.590. The molecule has 1 amide bonds. The number of thiocarbonyl (C=S) groups is 1. The van der Waals surface area contributed by atoms with Crippen molar-refractivity contribution in [1.29, 1.82) is 0 Å². The SMILES string of the molecule is CCCCN(C(=O)C1(C(N)=S)CC(C)C1)c1ccccc1. The predicted octanol–water partition coefficient (Wildman–Crippen LogP) is 3.52. The number of carbonyl (C=O) groups excluding carboxylic acids is 1. The van der Waals surface area contributed by atoms with Gasteiger partial charge >= 0.3 is 0 Å². The number of unbranched alkanes of at least 4 members (excludes halogenated alkanes) is 1. The van der Waals surface area contributed by atoms with Crippen molar-refractivity contribution in [3.8, 4) is 0 Å². The number of hydrogen-bond donors (Lipinski definition) is 1. The molecule has 2 rings (SSSR count). The van der Waals surface area contributed by atoms with E-state index in [1.807, 2.05) is 35.2 Å². The Morgan fingerprint density at radius 3 is 2.48 bits per heavy atom. The van der Waals surface area contributed by atoms with Crippen LogP contribution in [0.3, 0.4) is 0 Å². The molecule has 0 aromatic heterocycles. The molecule has 3 nitrogen and oxygen atoms in total. The minimum atomic E-state index is -0.627. The number of carbonyl (C=O) groups is 1. The fourth-order valence-electron chi connectivity index (χ4n) is 3.14. The van der Waals surface area contributed by atoms with Gasteiger partial charge in [0, 0.05) is 12.2 Å². The van der Waals surface area contributed by atoms with E-state index in [0.29, 0.717) is 10.9 Å². The Morgan fingerprint density at radius 2 is 2.00 bits per heavy atom. The molecule has 0 aliphatic heterocycles. The van der Waals surface area contributed by atoms with Gasteiger partial charge in [0.05, 0.1) is 10.4 Å². The van der Waals surface area contributed by atoms with Crippen molar-refractivity contribution < 1.29 is 4.79 Å². The van der Waals surface area contributed by atoms with E-state index in [9.17, 15) is 4.79 Å². The monoisotopic (exact) mass is 304 g/mol. The van der Waals surface area contributed by atoms with E-state index < -0.39 is 5.41 Å². The van der Waals surface area contributed by atoms with Crippen LogP contribution in [0.1, 0.15) is 39.5 Å². The van der Waals surface area contributed by atoms with E-state index in [1.54, 1.807) is 0 Å². The van der Waals surface area contributed by atoms with Crippen molar-refractivity contribution in [2.24, 2.45) is 17.1 Å². The van der Waals surface area contributed by atoms with E-state index >= 15 is 0 Å². The minimum Gasteiger partial charge on any atom is -0.392 e. The van der Waals surface area contributed by atoms with Crippen LogP contribution in [0.5, 0.6) is 0 Å². The number of nitrogens with two attached hydrogens (primary N) is 1. The smallest absolute Gasteiger partial charge is 0.240 e. The Balaban J connectivity index is 2.28. The molecule has 4 heteroatoms. The number of nitrogens with zero attached hydrogens (tertiary/aromatic N) is 1. The van der Waals surface area contributed by atoms with E-state index in [4.69, 9.17) is 18.0 Å². The van der Waals surface area contributed by atoms with Crippen molar-refractivity contribution in [2.75, 3.05) is 11.4 Å². The minimum absolute atomic E-state index is 0.0766. The summed E-state index contributed by atoms with van der Waals surface area (Å²) in [6.07, 6.45) is 3.57. The Kier molecular flexibility index (Phi) is 4.99. The highest BCUT2D eigenvalue weighted by Crippen LogP contribution is 2.47. The third kappa shape index (κ3) is 3.10. The molecule has 0 radical (unpaired) electrons. The van der Waals surface area contributed by atoms with Gasteiger partial charge < -0.3 is 10.6 Å². The maximum Gasteiger partial charge on any atom is 0.240 e. The zero-order chi connectivity index (χ0) is 15.5. The van der Waals surface area contributed by atoms with E-state index in [0.717, 1.165) is 37.9 Å². The Hall–Kier alpha value is -1.42. The molecular weight excluding hydrogens is 280 g/mol. The molecule has 0 bridgehead atoms. The third-order valence-corrected chi connectivity index (χ3v) is 4.71. The molecule has 114 valence electrons. The van der Waals surface area contributed by atoms with E-state index in [-0.39, 0.29) is 5.91 Å². The van der Waals surface area contributed by atoms with Crippen molar-refractivity contribution >= 4 is 28.8 Å². The molecule has 2 N–H and O–H groups in total. The van der Waals surface area contributed by atoms with E-state index in [2.05, 4.69) is 13.8 Å². The lowest BCUT2D eigenvalue weighted by Gasteiger charge is -2.46. The van der Waals surface area contributed by atoms with Crippen molar-refractivity contribution in [2.45, 2.75) is 39.5 Å². The van der Waals surface area contributed by atoms with Gasteiger partial charge in [-0.1, -0.05) is 50.7 Å². The quantitative estimate of drug-likeness (QED) is 0.818. The fourth-order valence-corrected chi connectivity index (χ4v) is 3.40. The number of hydrogen-bond acceptors (Lipinski definition) is 2. The average molecular weight is 304 g/mol. The highest BCUT2D eigenvalue weighted by Gasteiger charge is 2.52. The van der Waals surface area contributed by atoms with Gasteiger partial charge in [-0.2, -0.15) is 0 Å². The summed E-state index contributed by atoms with van der Waals surface area (Å²) < 4.78 is 0. The number of anilines is 1. The second-order valence-corrected chi connectivity index (χ2v) is 6.55. The van der Waals surface area contributed by atoms with Gasteiger partial charge in [-0.3, -0.25) is 4.79 Å². The van der Waals surface area contributed by atoms with Gasteiger partial charge in [0.1, 0.15) is 0 Å². The lowest BCUT2D eigenvalue weighted by Crippen LogP contribution is -2.57. The average Bonchev–Trinajstić information content (AvgIpc) is 2.44. The van der Waals surface area contributed by atoms with Gasteiger partial charge in [0.15, 0.2) is 0 Å². The normalized spacial score (nSPS) is 24.2. The molecule has 0 atom stereocenters. The Morgan fingerprint density at radius 1 is 1.38 bits per heavy atom. The largest absolute Gasteiger partial charge is 0.392 e. The van der Waals surface area contributed by atoms with Crippen LogP contribution in [0.4, 0.5) is 5.69 Å². The highest BCUT2D eigenvalue weighted by molar-refractivity contribution is 7.80. The zero-order valence-electron chi connectivity index (χ0n) is 12.8. The molecule has 1 fully saturated rings. The molecule has 0 heterocycles. The molecule has 21 heavy (non-hydrogen) atoms. The van der Waals surface area contributed by atoms with Crippen LogP contribution in [0, 0.1) is 11.3 Å². The second-order valence-electron chi connectivity index (χ2n) is 6.11. The van der Waals surface area contributed by atoms with E-state index in [1.165, 1.54) is 0 Å². The molecule has 0 saturated heterocycles. The number of para-hydroxylation sites is 1. The number of rotatable bonds is 6. The summed E-state index contributed by atoms with van der Waals surface area (Å²) in [6.45, 7) is 4.99. The summed E-state index contributed by atoms with van der Waals surface area (Å²) in [7, 11) is 0. The first-order valence-electron chi connectivity index (χ1n) is 7.68. The van der Waals surface area contributed by atoms with Crippen LogP contribution in [-0.2, 0) is 4.79 Å². The fraction of sp³-hybridized carbons (Fsp3) is 0.529. The number of benzene rings is 1. The molecule has 0 spiro atoms. The molecule has 1 aliphatic rings. The molecule has 1 aromatic carbocycles. The topological polar surface area (TPSA) is 46.3 Å². The van der Waals surface area contributed by atoms with Crippen molar-refractivity contribution in [1.82, 2.24) is 0 Å². The van der Waals surface area contributed by atoms with Crippen LogP contribution in [0.25, 0.3) is 0 Å². The first kappa shape index (κ1) is 16.0. The summed E-state index contributed by atoms with van der Waals surface area (Å²) in [5, 5.41) is 0. The molecular formula is C17H24N2OS. The van der Waals surface area contributed by atoms with Gasteiger partial charge in [-0.05, 0) is 37.3 Å². The third-order valence-electron chi connectivity index (χ3n) is 4.32. The summed E-state index contributed by atoms with van der Waals surface area (Å²) >= 11 is 5.22. The van der Waals surface area contributed by atoms with Crippen LogP contribution in [-0.4, -0.2) is 17.4 Å². The first-order valence-corrected chi connectivity index (χ1v) is 8.09. The lowest BCUT2D eigenvalue weighted by molar-refractivity contribution is -0.130. The van der Waals surface area contributed by atoms with Crippen LogP contribution < -0.4 is 10.6 Å². The predicted molar refractivity (Wildman–Crippen MR) is 91.3 cm³/mol. The van der Waals surface area contributed by atoms with Crippen LogP contribution >= 0.6 is 12.2 Å². The van der Waals surface area contributed by atoms with Gasteiger partial charge in [0.2, 0.25) is 5.91 Å². The van der Waals surface area contributed by atoms with Crippen LogP contribution in [0.15, 0.2) is 30.3 Å². The second kappa shape index (κ2) is 6.56. The lowest BCUT2D eigenvalue weighted by atomic mass is 9.61. The summed E-state index contributed by atoms with van der Waals surface area (Å²) in [4.78, 5) is 15.3. The molecule has 1 aliphatic carbocycles. The maximum absolute atomic E-state index is 13.1. The standard InChI is InChI=1S/C17H24N2OS/c1-3-4-10-19(14-8-6-5-7-9-14)16(20)17(15(18)21)11-13(2)12-17/h5-9,13H,3-4,10-12H2,1-2H3,(H2,18,21). The Bertz CT molecular complexity index is 509. The Labute approximate surface area is 132 Å². The van der Waals surface area contributed by atoms with Crippen molar-refractivity contribution in [3.05, 3.63) is 30.3 Å². The first-order chi connectivity index (χ1) is 10.0. The highest BCUT2D eigenvalue weighted by atomic mass is 32.1. The molecule has 0 unspecified atom stereocenters.